The predicted molar refractivity (Wildman–Crippen MR) is 227 cm³/mol. The zero-order valence-electron chi connectivity index (χ0n) is 34.8. The molecule has 2 heterocycles. The molecule has 6 rings (SSSR count). The molecule has 0 aliphatic heterocycles. The van der Waals surface area contributed by atoms with Gasteiger partial charge < -0.3 is 5.11 Å². The van der Waals surface area contributed by atoms with Crippen molar-refractivity contribution in [1.29, 1.82) is 0 Å². The van der Waals surface area contributed by atoms with E-state index in [1.807, 2.05) is 0 Å². The van der Waals surface area contributed by atoms with Gasteiger partial charge in [0, 0.05) is 58.5 Å². The van der Waals surface area contributed by atoms with Crippen LogP contribution in [0.4, 0.5) is 0 Å². The van der Waals surface area contributed by atoms with Gasteiger partial charge in [-0.2, -0.15) is 0 Å². The summed E-state index contributed by atoms with van der Waals surface area (Å²) in [5.41, 5.74) is 4.15. The van der Waals surface area contributed by atoms with Crippen LogP contribution >= 0.6 is 11.3 Å². The number of rotatable bonds is 11. The van der Waals surface area contributed by atoms with Crippen molar-refractivity contribution >= 4 is 61.5 Å². The molecule has 0 spiro atoms. The van der Waals surface area contributed by atoms with Crippen LogP contribution in [0.15, 0.2) is 66.7 Å². The first kappa shape index (κ1) is 41.5. The number of ketones is 1. The van der Waals surface area contributed by atoms with Crippen LogP contribution in [-0.4, -0.2) is 28.9 Å². The molecular weight excluding hydrogens is 865 g/mol. The van der Waals surface area contributed by atoms with Crippen molar-refractivity contribution in [3.63, 3.8) is 0 Å². The summed E-state index contributed by atoms with van der Waals surface area (Å²) in [7, 11) is -1.61. The Bertz CT molecular complexity index is 2080. The number of aliphatic hydroxyl groups is 1. The fourth-order valence-corrected chi connectivity index (χ4v) is 11.4. The molecule has 7 heteroatoms. The van der Waals surface area contributed by atoms with Crippen LogP contribution in [-0.2, 0) is 31.3 Å². The number of aromatic nitrogens is 2. The Morgan fingerprint density at radius 1 is 0.906 bits per heavy atom. The van der Waals surface area contributed by atoms with Gasteiger partial charge in [-0.1, -0.05) is 142 Å². The minimum Gasteiger partial charge on any atom is -0.512 e. The maximum absolute atomic E-state index is 12.3. The van der Waals surface area contributed by atoms with Crippen molar-refractivity contribution in [2.75, 3.05) is 0 Å². The maximum Gasteiger partial charge on any atom is 0.162 e. The molecule has 1 fully saturated rings. The Labute approximate surface area is 339 Å². The zero-order chi connectivity index (χ0) is 38.8. The Morgan fingerprint density at radius 3 is 2.13 bits per heavy atom. The number of hydrogen-bond donors (Lipinski definition) is 1. The van der Waals surface area contributed by atoms with E-state index >= 15 is 0 Å². The minimum atomic E-state index is -1.61. The summed E-state index contributed by atoms with van der Waals surface area (Å²) in [6.07, 6.45) is 8.21. The maximum atomic E-state index is 12.3. The molecule has 1 saturated carbocycles. The van der Waals surface area contributed by atoms with E-state index in [-0.39, 0.29) is 49.8 Å². The Morgan fingerprint density at radius 2 is 1.53 bits per heavy atom. The SMILES string of the molecule is CC(C)C(C(=O)/C=C(\O)C(C(C)C)C(C)C)C(C)C.[2H]c1nc(-c2[c-]c3ccccc3c([Si](C)(C)C)c2)c2sc3cc(CC4CCCC4)ccc3c2n1.[Ir]. The molecule has 0 saturated heterocycles. The zero-order valence-corrected chi connectivity index (χ0v) is 38.0. The Balaban J connectivity index is 0.000000281. The average molecular weight is 927 g/mol. The van der Waals surface area contributed by atoms with E-state index < -0.39 is 8.07 Å². The van der Waals surface area contributed by atoms with Crippen LogP contribution in [0.5, 0.6) is 0 Å². The number of hydrogen-bond acceptors (Lipinski definition) is 5. The summed E-state index contributed by atoms with van der Waals surface area (Å²) in [5, 5.41) is 15.2. The normalized spacial score (nSPS) is 14.7. The van der Waals surface area contributed by atoms with Gasteiger partial charge >= 0.3 is 0 Å². The van der Waals surface area contributed by atoms with Crippen LogP contribution in [0, 0.1) is 47.5 Å². The molecular formula is C46H61IrN2O2SSi-. The van der Waals surface area contributed by atoms with Crippen LogP contribution in [0.1, 0.15) is 88.0 Å². The molecule has 287 valence electrons. The first-order valence-electron chi connectivity index (χ1n) is 20.1. The molecule has 1 aliphatic rings. The molecule has 1 aliphatic carbocycles. The molecule has 0 atom stereocenters. The summed E-state index contributed by atoms with van der Waals surface area (Å²) in [6.45, 7) is 23.8. The van der Waals surface area contributed by atoms with E-state index in [0.29, 0.717) is 23.7 Å². The van der Waals surface area contributed by atoms with Crippen LogP contribution in [0.3, 0.4) is 0 Å². The van der Waals surface area contributed by atoms with Crippen LogP contribution in [0.25, 0.3) is 42.3 Å². The number of allylic oxidation sites excluding steroid dienone is 2. The van der Waals surface area contributed by atoms with Crippen molar-refractivity contribution in [3.05, 3.63) is 78.3 Å². The molecule has 1 N–H and O–H groups in total. The van der Waals surface area contributed by atoms with Gasteiger partial charge in [0.15, 0.2) is 5.78 Å². The molecule has 0 bridgehead atoms. The third kappa shape index (κ3) is 10.1. The van der Waals surface area contributed by atoms with Gasteiger partial charge in [-0.3, -0.25) is 9.78 Å². The molecule has 0 amide bonds. The molecule has 2 aromatic heterocycles. The van der Waals surface area contributed by atoms with Crippen molar-refractivity contribution in [2.24, 2.45) is 41.4 Å². The summed E-state index contributed by atoms with van der Waals surface area (Å²) in [5.74, 6) is 2.46. The largest absolute Gasteiger partial charge is 0.512 e. The van der Waals surface area contributed by atoms with E-state index in [9.17, 15) is 9.90 Å². The fraction of sp³-hybridized carbons (Fsp3) is 0.500. The van der Waals surface area contributed by atoms with E-state index in [1.165, 1.54) is 59.0 Å². The minimum absolute atomic E-state index is 0. The second-order valence-electron chi connectivity index (χ2n) is 17.5. The summed E-state index contributed by atoms with van der Waals surface area (Å²) < 4.78 is 10.7. The van der Waals surface area contributed by atoms with Crippen LogP contribution in [0.2, 0.25) is 19.6 Å². The average Bonchev–Trinajstić information content (AvgIpc) is 3.70. The Kier molecular flexibility index (Phi) is 14.3. The third-order valence-corrected chi connectivity index (χ3v) is 14.1. The summed E-state index contributed by atoms with van der Waals surface area (Å²) >= 11 is 1.77. The molecule has 1 radical (unpaired) electrons. The predicted octanol–water partition coefficient (Wildman–Crippen LogP) is 12.6. The van der Waals surface area contributed by atoms with Crippen LogP contribution < -0.4 is 5.19 Å². The van der Waals surface area contributed by atoms with E-state index in [4.69, 9.17) is 1.37 Å². The van der Waals surface area contributed by atoms with E-state index in [2.05, 4.69) is 140 Å². The van der Waals surface area contributed by atoms with Gasteiger partial charge in [-0.15, -0.1) is 40.1 Å². The van der Waals surface area contributed by atoms with Gasteiger partial charge in [0.05, 0.1) is 19.3 Å². The molecule has 4 nitrogen and oxygen atoms in total. The van der Waals surface area contributed by atoms with E-state index in [0.717, 1.165) is 38.2 Å². The van der Waals surface area contributed by atoms with Crippen molar-refractivity contribution in [1.82, 2.24) is 9.97 Å². The van der Waals surface area contributed by atoms with Gasteiger partial charge in [-0.05, 0) is 47.6 Å². The number of thiophene rings is 1. The summed E-state index contributed by atoms with van der Waals surface area (Å²) in [4.78, 5) is 21.6. The fourth-order valence-electron chi connectivity index (χ4n) is 8.63. The van der Waals surface area contributed by atoms with Crippen molar-refractivity contribution < 1.29 is 31.4 Å². The van der Waals surface area contributed by atoms with Gasteiger partial charge in [0.2, 0.25) is 0 Å². The van der Waals surface area contributed by atoms with Gasteiger partial charge in [0.25, 0.3) is 0 Å². The smallest absolute Gasteiger partial charge is 0.162 e. The Hall–Kier alpha value is -2.70. The van der Waals surface area contributed by atoms with Gasteiger partial charge in [0.1, 0.15) is 7.67 Å². The molecule has 53 heavy (non-hydrogen) atoms. The standard InChI is InChI=1S/C29H29N2SSi.C17H32O2.Ir/c1-33(2,3)26-17-22(16-21-10-6-7-11-23(21)26)27-29-28(31-18-30-27)24-13-12-20(15-25(24)32-29)14-19-8-4-5-9-19;1-10(2)16(11(3)4)14(18)9-15(19)17(12(5)6)13(7)8;/h6-7,10-13,15,17-19H,4-5,8-9,14H2,1-3H3;9-13,16-18H,1-8H3;/q-1;;/b;14-9-;/i18D;;. The third-order valence-electron chi connectivity index (χ3n) is 10.9. The number of carbonyl (C=O) groups excluding carboxylic acids is 1. The monoisotopic (exact) mass is 927 g/mol. The first-order chi connectivity index (χ1) is 25.0. The van der Waals surface area contributed by atoms with Crippen molar-refractivity contribution in [2.45, 2.75) is 107 Å². The number of fused-ring (bicyclic) bond motifs is 4. The second-order valence-corrected chi connectivity index (χ2v) is 23.6. The molecule has 5 aromatic rings. The number of carbonyl (C=O) groups is 1. The molecule has 0 unspecified atom stereocenters. The molecule has 3 aromatic carbocycles. The van der Waals surface area contributed by atoms with Gasteiger partial charge in [-0.25, -0.2) is 4.98 Å². The topological polar surface area (TPSA) is 63.1 Å². The first-order valence-corrected chi connectivity index (χ1v) is 23.9. The number of benzene rings is 3. The number of aliphatic hydroxyl groups excluding tert-OH is 1. The van der Waals surface area contributed by atoms with E-state index in [1.54, 1.807) is 11.3 Å². The quantitative estimate of drug-likeness (QED) is 0.0620. The number of nitrogens with zero attached hydrogens (tertiary/aromatic N) is 2. The van der Waals surface area contributed by atoms with Crippen molar-refractivity contribution in [3.8, 4) is 11.3 Å². The second kappa shape index (κ2) is 18.3. The summed E-state index contributed by atoms with van der Waals surface area (Å²) in [6, 6.07) is 21.3.